The largest absolute Gasteiger partial charge is 0.352 e. The van der Waals surface area contributed by atoms with Crippen LogP contribution in [0.15, 0.2) is 59.6 Å². The Hall–Kier alpha value is -2.16. The molecule has 5 nitrogen and oxygen atoms in total. The average molecular weight is 470 g/mol. The minimum absolute atomic E-state index is 0. The molecular formula is C19H24FIN4O. The van der Waals surface area contributed by atoms with Crippen LogP contribution < -0.4 is 10.6 Å². The molecule has 0 aliphatic rings. The summed E-state index contributed by atoms with van der Waals surface area (Å²) in [6.07, 6.45) is 0. The molecule has 0 aromatic heterocycles. The van der Waals surface area contributed by atoms with Gasteiger partial charge in [-0.3, -0.25) is 4.79 Å². The number of guanidine groups is 1. The number of hydrogen-bond donors (Lipinski definition) is 2. The first-order chi connectivity index (χ1) is 12.0. The van der Waals surface area contributed by atoms with E-state index in [1.165, 1.54) is 17.0 Å². The minimum Gasteiger partial charge on any atom is -0.352 e. The van der Waals surface area contributed by atoms with E-state index >= 15 is 0 Å². The molecule has 0 saturated heterocycles. The fourth-order valence-corrected chi connectivity index (χ4v) is 2.03. The topological polar surface area (TPSA) is 56.7 Å². The molecule has 7 heteroatoms. The number of nitrogens with one attached hydrogen (secondary N) is 2. The molecule has 0 radical (unpaired) electrons. The number of halogens is 2. The first kappa shape index (κ1) is 21.9. The van der Waals surface area contributed by atoms with Gasteiger partial charge in [-0.05, 0) is 23.3 Å². The van der Waals surface area contributed by atoms with Gasteiger partial charge in [-0.25, -0.2) is 9.38 Å². The van der Waals surface area contributed by atoms with Crippen LogP contribution in [-0.4, -0.2) is 37.4 Å². The van der Waals surface area contributed by atoms with E-state index in [0.717, 1.165) is 11.1 Å². The molecule has 2 N–H and O–H groups in total. The summed E-state index contributed by atoms with van der Waals surface area (Å²) < 4.78 is 13.0. The summed E-state index contributed by atoms with van der Waals surface area (Å²) in [4.78, 5) is 17.8. The second-order valence-corrected chi connectivity index (χ2v) is 5.77. The lowest BCUT2D eigenvalue weighted by Gasteiger charge is -2.15. The zero-order chi connectivity index (χ0) is 18.1. The summed E-state index contributed by atoms with van der Waals surface area (Å²) in [6.45, 7) is 1.13. The highest BCUT2D eigenvalue weighted by molar-refractivity contribution is 14.0. The molecule has 140 valence electrons. The Bertz CT molecular complexity index is 705. The number of aliphatic imine (C=N–C) groups is 1. The number of carbonyl (C=O) groups excluding carboxylic acids is 1. The van der Waals surface area contributed by atoms with Crippen LogP contribution in [0.5, 0.6) is 0 Å². The summed E-state index contributed by atoms with van der Waals surface area (Å²) in [5.41, 5.74) is 2.00. The summed E-state index contributed by atoms with van der Waals surface area (Å²) in [6, 6.07) is 16.1. The van der Waals surface area contributed by atoms with Gasteiger partial charge in [0.2, 0.25) is 5.91 Å². The molecule has 26 heavy (non-hydrogen) atoms. The maximum absolute atomic E-state index is 13.0. The van der Waals surface area contributed by atoms with Crippen LogP contribution >= 0.6 is 24.0 Å². The quantitative estimate of drug-likeness (QED) is 0.388. The lowest BCUT2D eigenvalue weighted by atomic mass is 10.2. The molecule has 0 aliphatic carbocycles. The number of hydrogen-bond acceptors (Lipinski definition) is 2. The Kier molecular flexibility index (Phi) is 9.64. The van der Waals surface area contributed by atoms with E-state index in [0.29, 0.717) is 19.0 Å². The predicted octanol–water partition coefficient (Wildman–Crippen LogP) is 2.77. The van der Waals surface area contributed by atoms with Gasteiger partial charge in [-0.15, -0.1) is 24.0 Å². The van der Waals surface area contributed by atoms with Crippen molar-refractivity contribution in [1.82, 2.24) is 15.5 Å². The van der Waals surface area contributed by atoms with E-state index < -0.39 is 0 Å². The third-order valence-electron chi connectivity index (χ3n) is 3.54. The Morgan fingerprint density at radius 3 is 2.27 bits per heavy atom. The first-order valence-corrected chi connectivity index (χ1v) is 8.05. The van der Waals surface area contributed by atoms with Crippen LogP contribution in [0, 0.1) is 5.82 Å². The monoisotopic (exact) mass is 470 g/mol. The maximum Gasteiger partial charge on any atom is 0.241 e. The molecule has 1 amide bonds. The molecule has 0 aliphatic heterocycles. The van der Waals surface area contributed by atoms with Gasteiger partial charge in [-0.2, -0.15) is 0 Å². The van der Waals surface area contributed by atoms with E-state index in [2.05, 4.69) is 15.6 Å². The lowest BCUT2D eigenvalue weighted by molar-refractivity contribution is -0.127. The van der Waals surface area contributed by atoms with Crippen LogP contribution in [0.25, 0.3) is 0 Å². The summed E-state index contributed by atoms with van der Waals surface area (Å²) in [5, 5.41) is 6.19. The van der Waals surface area contributed by atoms with Gasteiger partial charge in [0.05, 0.1) is 13.1 Å². The Labute approximate surface area is 170 Å². The van der Waals surface area contributed by atoms with Crippen molar-refractivity contribution < 1.29 is 9.18 Å². The van der Waals surface area contributed by atoms with Crippen molar-refractivity contribution in [3.05, 3.63) is 71.5 Å². The number of benzene rings is 2. The molecule has 0 spiro atoms. The number of carbonyl (C=O) groups is 1. The van der Waals surface area contributed by atoms with E-state index in [9.17, 15) is 9.18 Å². The van der Waals surface area contributed by atoms with Crippen molar-refractivity contribution in [2.24, 2.45) is 4.99 Å². The Morgan fingerprint density at radius 2 is 1.65 bits per heavy atom. The molecule has 0 unspecified atom stereocenters. The highest BCUT2D eigenvalue weighted by Gasteiger charge is 2.06. The van der Waals surface area contributed by atoms with Crippen LogP contribution in [0.4, 0.5) is 4.39 Å². The van der Waals surface area contributed by atoms with Crippen molar-refractivity contribution in [3.63, 3.8) is 0 Å². The van der Waals surface area contributed by atoms with E-state index in [1.807, 2.05) is 30.3 Å². The number of rotatable bonds is 6. The van der Waals surface area contributed by atoms with Gasteiger partial charge in [0.1, 0.15) is 5.82 Å². The average Bonchev–Trinajstić information content (AvgIpc) is 2.63. The molecule has 0 bridgehead atoms. The highest BCUT2D eigenvalue weighted by Crippen LogP contribution is 2.03. The fraction of sp³-hybridized carbons (Fsp3) is 0.263. The van der Waals surface area contributed by atoms with Crippen LogP contribution in [0.2, 0.25) is 0 Å². The van der Waals surface area contributed by atoms with Crippen LogP contribution in [-0.2, 0) is 17.9 Å². The number of amides is 1. The van der Waals surface area contributed by atoms with E-state index in [4.69, 9.17) is 0 Å². The van der Waals surface area contributed by atoms with Crippen molar-refractivity contribution >= 4 is 35.8 Å². The molecule has 0 heterocycles. The van der Waals surface area contributed by atoms with E-state index in [-0.39, 0.29) is 42.2 Å². The van der Waals surface area contributed by atoms with Crippen LogP contribution in [0.3, 0.4) is 0 Å². The second kappa shape index (κ2) is 11.5. The highest BCUT2D eigenvalue weighted by atomic mass is 127. The summed E-state index contributed by atoms with van der Waals surface area (Å²) in [7, 11) is 3.41. The Balaban J connectivity index is 0.00000338. The predicted molar refractivity (Wildman–Crippen MR) is 113 cm³/mol. The Morgan fingerprint density at radius 1 is 1.00 bits per heavy atom. The van der Waals surface area contributed by atoms with Crippen molar-refractivity contribution in [1.29, 1.82) is 0 Å². The van der Waals surface area contributed by atoms with Crippen molar-refractivity contribution in [2.75, 3.05) is 20.6 Å². The molecule has 2 rings (SSSR count). The summed E-state index contributed by atoms with van der Waals surface area (Å²) >= 11 is 0. The van der Waals surface area contributed by atoms with Gasteiger partial charge in [-0.1, -0.05) is 42.5 Å². The standard InChI is InChI=1S/C19H23FN4O.HI/c1-24(2)18(25)14-23-19(21-12-15-6-4-3-5-7-15)22-13-16-8-10-17(20)11-9-16;/h3-11H,12-14H2,1-2H3,(H2,21,22,23);1H. The minimum atomic E-state index is -0.267. The normalized spacial score (nSPS) is 10.7. The number of likely N-dealkylation sites (N-methyl/N-ethyl adjacent to an activating group) is 1. The smallest absolute Gasteiger partial charge is 0.241 e. The third kappa shape index (κ3) is 7.81. The molecule has 0 atom stereocenters. The van der Waals surface area contributed by atoms with Gasteiger partial charge < -0.3 is 15.5 Å². The van der Waals surface area contributed by atoms with Crippen molar-refractivity contribution in [3.8, 4) is 0 Å². The SMILES string of the molecule is CN(C)C(=O)CNC(=NCc1ccccc1)NCc1ccc(F)cc1.I. The van der Waals surface area contributed by atoms with Gasteiger partial charge in [0, 0.05) is 20.6 Å². The molecule has 0 fully saturated rings. The zero-order valence-corrected chi connectivity index (χ0v) is 17.2. The van der Waals surface area contributed by atoms with Gasteiger partial charge in [0.25, 0.3) is 0 Å². The van der Waals surface area contributed by atoms with Crippen molar-refractivity contribution in [2.45, 2.75) is 13.1 Å². The molecule has 2 aromatic rings. The second-order valence-electron chi connectivity index (χ2n) is 5.77. The summed E-state index contributed by atoms with van der Waals surface area (Å²) in [5.74, 6) is 0.218. The van der Waals surface area contributed by atoms with Gasteiger partial charge >= 0.3 is 0 Å². The zero-order valence-electron chi connectivity index (χ0n) is 14.9. The van der Waals surface area contributed by atoms with Gasteiger partial charge in [0.15, 0.2) is 5.96 Å². The number of nitrogens with zero attached hydrogens (tertiary/aromatic N) is 2. The first-order valence-electron chi connectivity index (χ1n) is 8.05. The molecule has 0 saturated carbocycles. The maximum atomic E-state index is 13.0. The molecular weight excluding hydrogens is 446 g/mol. The van der Waals surface area contributed by atoms with Crippen LogP contribution in [0.1, 0.15) is 11.1 Å². The molecule has 2 aromatic carbocycles. The van der Waals surface area contributed by atoms with E-state index in [1.54, 1.807) is 26.2 Å². The fourth-order valence-electron chi connectivity index (χ4n) is 2.03. The lowest BCUT2D eigenvalue weighted by Crippen LogP contribution is -2.42. The third-order valence-corrected chi connectivity index (χ3v) is 3.54.